The molecule has 0 fully saturated rings. The maximum Gasteiger partial charge on any atom is 0.287 e. The quantitative estimate of drug-likeness (QED) is 0.0185. The fourth-order valence-corrected chi connectivity index (χ4v) is 8.89. The molecule has 13 N–H and O–H groups in total. The molecule has 6 aromatic carbocycles. The largest absolute Gasteiger partial charge is 0.384 e. The molecule has 11 rings (SSSR count). The Morgan fingerprint density at radius 3 is 1.68 bits per heavy atom. The van der Waals surface area contributed by atoms with Gasteiger partial charge in [-0.05, 0) is 71.2 Å². The van der Waals surface area contributed by atoms with Crippen molar-refractivity contribution in [2.75, 3.05) is 11.5 Å². The Kier molecular flexibility index (Phi) is 15.1. The van der Waals surface area contributed by atoms with Gasteiger partial charge in [-0.1, -0.05) is 146 Å². The number of amides is 1. The Balaban J connectivity index is 0.000000154. The summed E-state index contributed by atoms with van der Waals surface area (Å²) in [5, 5.41) is 21.7. The summed E-state index contributed by atoms with van der Waals surface area (Å²) in [5.74, 6) is 6.18. The predicted octanol–water partition coefficient (Wildman–Crippen LogP) is 8.03. The number of hydrogen-bond acceptors (Lipinski definition) is 13. The molecule has 0 aliphatic heterocycles. The maximum atomic E-state index is 11.8. The molecule has 0 bridgehead atoms. The van der Waals surface area contributed by atoms with Crippen molar-refractivity contribution in [1.29, 1.82) is 5.41 Å². The van der Waals surface area contributed by atoms with E-state index < -0.39 is 5.91 Å². The molecule has 360 valence electrons. The molecule has 0 spiro atoms. The maximum absolute atomic E-state index is 11.8. The molecule has 1 amide bonds. The van der Waals surface area contributed by atoms with Gasteiger partial charge in [0.2, 0.25) is 0 Å². The lowest BCUT2D eigenvalue weighted by atomic mass is 10.1. The zero-order valence-electron chi connectivity index (χ0n) is 39.5. The van der Waals surface area contributed by atoms with Crippen molar-refractivity contribution >= 4 is 23.4 Å². The second-order valence-electron chi connectivity index (χ2n) is 17.3. The zero-order valence-corrected chi connectivity index (χ0v) is 39.5. The molecule has 0 radical (unpaired) electrons. The Morgan fingerprint density at radius 1 is 0.611 bits per heavy atom. The molecule has 2 aliphatic carbocycles. The van der Waals surface area contributed by atoms with Crippen molar-refractivity contribution in [3.8, 4) is 45.4 Å². The van der Waals surface area contributed by atoms with E-state index in [1.54, 1.807) is 12.4 Å². The molecule has 2 aliphatic rings. The van der Waals surface area contributed by atoms with Crippen molar-refractivity contribution in [2.45, 2.75) is 50.9 Å². The number of nitrogen functional groups attached to an aromatic ring is 4. The highest BCUT2D eigenvalue weighted by Crippen LogP contribution is 2.33. The van der Waals surface area contributed by atoms with E-state index in [2.05, 4.69) is 114 Å². The third-order valence-electron chi connectivity index (χ3n) is 12.6. The summed E-state index contributed by atoms with van der Waals surface area (Å²) >= 11 is 0. The van der Waals surface area contributed by atoms with Crippen LogP contribution < -0.4 is 39.1 Å². The van der Waals surface area contributed by atoms with Crippen LogP contribution in [0.5, 0.6) is 0 Å². The van der Waals surface area contributed by atoms with Gasteiger partial charge in [0.25, 0.3) is 5.91 Å². The number of carbonyl (C=O) groups excluding carboxylic acids is 1. The number of H-pyrrole nitrogens is 1. The minimum atomic E-state index is -0.565. The van der Waals surface area contributed by atoms with Gasteiger partial charge in [-0.15, -0.1) is 0 Å². The van der Waals surface area contributed by atoms with Gasteiger partial charge in [0.05, 0.1) is 23.8 Å². The number of fused-ring (bicyclic) bond motifs is 2. The van der Waals surface area contributed by atoms with E-state index in [1.165, 1.54) is 27.8 Å². The van der Waals surface area contributed by atoms with Crippen LogP contribution in [-0.4, -0.2) is 46.9 Å². The summed E-state index contributed by atoms with van der Waals surface area (Å²) in [4.78, 5) is 34.0. The average Bonchev–Trinajstić information content (AvgIpc) is 4.20. The molecule has 2 atom stereocenters. The molecular weight excluding hydrogens is 899 g/mol. The van der Waals surface area contributed by atoms with Crippen molar-refractivity contribution in [2.24, 2.45) is 11.6 Å². The molecule has 9 aromatic rings. The number of benzene rings is 6. The van der Waals surface area contributed by atoms with Crippen molar-refractivity contribution < 1.29 is 4.79 Å². The van der Waals surface area contributed by atoms with Gasteiger partial charge in [0, 0.05) is 47.4 Å². The van der Waals surface area contributed by atoms with Crippen molar-refractivity contribution in [3.63, 3.8) is 0 Å². The number of nitrogens with two attached hydrogens (primary N) is 4. The number of aromatic amines is 1. The van der Waals surface area contributed by atoms with Crippen LogP contribution in [0.25, 0.3) is 45.4 Å². The highest BCUT2D eigenvalue weighted by molar-refractivity contribution is 5.96. The summed E-state index contributed by atoms with van der Waals surface area (Å²) in [6, 6.07) is 53.4. The van der Waals surface area contributed by atoms with E-state index in [4.69, 9.17) is 33.4 Å². The van der Waals surface area contributed by atoms with Crippen molar-refractivity contribution in [3.05, 3.63) is 215 Å². The third-order valence-corrected chi connectivity index (χ3v) is 12.6. The van der Waals surface area contributed by atoms with Crippen LogP contribution >= 0.6 is 0 Å². The third kappa shape index (κ3) is 11.5. The lowest BCUT2D eigenvalue weighted by Gasteiger charge is -2.14. The lowest BCUT2D eigenvalue weighted by Crippen LogP contribution is -2.31. The minimum absolute atomic E-state index is 0.0195. The Labute approximate surface area is 417 Å². The second kappa shape index (κ2) is 22.6. The van der Waals surface area contributed by atoms with Crippen LogP contribution in [-0.2, 0) is 25.9 Å². The lowest BCUT2D eigenvalue weighted by molar-refractivity contribution is 0.0949. The molecule has 16 heteroatoms. The van der Waals surface area contributed by atoms with Gasteiger partial charge in [-0.25, -0.2) is 30.8 Å². The van der Waals surface area contributed by atoms with Crippen LogP contribution in [0.2, 0.25) is 0 Å². The van der Waals surface area contributed by atoms with E-state index in [1.807, 2.05) is 90.4 Å². The van der Waals surface area contributed by atoms with Crippen molar-refractivity contribution in [1.82, 2.24) is 51.2 Å². The molecule has 72 heavy (non-hydrogen) atoms. The number of nitrogens with zero attached hydrogens (tertiary/aromatic N) is 6. The smallest absolute Gasteiger partial charge is 0.287 e. The number of amidine groups is 1. The van der Waals surface area contributed by atoms with E-state index in [0.29, 0.717) is 40.9 Å². The molecule has 0 saturated carbocycles. The Bertz CT molecular complexity index is 3310. The number of carbonyl (C=O) groups is 1. The molecule has 0 saturated heterocycles. The molecule has 3 heterocycles. The van der Waals surface area contributed by atoms with Crippen LogP contribution in [0.15, 0.2) is 170 Å². The number of anilines is 2. The number of rotatable bonds is 12. The van der Waals surface area contributed by atoms with Crippen LogP contribution in [0, 0.1) is 5.41 Å². The topological polar surface area (TPSA) is 274 Å². The predicted molar refractivity (Wildman–Crippen MR) is 282 cm³/mol. The summed E-state index contributed by atoms with van der Waals surface area (Å²) < 4.78 is 0. The van der Waals surface area contributed by atoms with Gasteiger partial charge < -0.3 is 27.8 Å². The Morgan fingerprint density at radius 2 is 1.12 bits per heavy atom. The second-order valence-corrected chi connectivity index (χ2v) is 17.3. The first-order chi connectivity index (χ1) is 35.2. The van der Waals surface area contributed by atoms with Gasteiger partial charge in [-0.3, -0.25) is 20.7 Å². The molecular formula is C56H55N15O. The average molecular weight is 954 g/mol. The van der Waals surface area contributed by atoms with Crippen LogP contribution in [0.4, 0.5) is 11.6 Å². The van der Waals surface area contributed by atoms with E-state index in [-0.39, 0.29) is 17.3 Å². The molecule has 16 nitrogen and oxygen atoms in total. The number of hydrogen-bond donors (Lipinski definition) is 9. The van der Waals surface area contributed by atoms with Gasteiger partial charge >= 0.3 is 0 Å². The number of hydrazine groups is 1. The molecule has 3 aromatic heterocycles. The van der Waals surface area contributed by atoms with E-state index in [9.17, 15) is 4.79 Å². The fourth-order valence-electron chi connectivity index (χ4n) is 8.89. The summed E-state index contributed by atoms with van der Waals surface area (Å²) in [7, 11) is 0. The van der Waals surface area contributed by atoms with Gasteiger partial charge in [0.15, 0.2) is 29.0 Å². The summed E-state index contributed by atoms with van der Waals surface area (Å²) in [6.45, 7) is 1.52. The number of aromatic nitrogens is 7. The van der Waals surface area contributed by atoms with Gasteiger partial charge in [-0.2, -0.15) is 5.10 Å². The van der Waals surface area contributed by atoms with E-state index >= 15 is 0 Å². The van der Waals surface area contributed by atoms with E-state index in [0.717, 1.165) is 72.3 Å². The molecule has 0 unspecified atom stereocenters. The highest BCUT2D eigenvalue weighted by atomic mass is 16.2. The van der Waals surface area contributed by atoms with Crippen LogP contribution in [0.3, 0.4) is 0 Å². The first-order valence-corrected chi connectivity index (χ1v) is 23.6. The Hall–Kier alpha value is -8.96. The monoisotopic (exact) mass is 953 g/mol. The first kappa shape index (κ1) is 48.1. The SMILES string of the molecule is N=C(N)c1ccccc1.NNC(=O)c1nc(-c2cccc(CN[C@H]3CCc4ccccc43)c2)cnc1N.Nc1ncc(-c2cccc(CN[C@H]3CCc4ccccc43)c2)nc1-c1nc(-c2ccccc2)n[nH]1. The normalized spacial score (nSPS) is 14.2. The summed E-state index contributed by atoms with van der Waals surface area (Å²) in [5.41, 5.74) is 32.5. The minimum Gasteiger partial charge on any atom is -0.384 e. The first-order valence-electron chi connectivity index (χ1n) is 23.6. The number of nitrogens with one attached hydrogen (secondary N) is 5. The zero-order chi connectivity index (χ0) is 49.8. The fraction of sp³-hybridized carbons (Fsp3) is 0.143. The summed E-state index contributed by atoms with van der Waals surface area (Å²) in [6.07, 6.45) is 7.75. The highest BCUT2D eigenvalue weighted by Gasteiger charge is 2.23. The standard InChI is InChI=1S/C28H25N7.C21H22N6O.C7H8N2/c29-26-25(28-33-27(34-35-28)20-9-2-1-3-10-20)32-24(17-31-26)21-11-6-7-18(15-21)16-30-23-14-13-19-8-4-5-12-22(19)23;22-20-19(21(28)27-23)26-18(12-25-20)15-6-3-4-13(10-15)11-24-17-9-8-14-5-1-2-7-16(14)17;8-7(9)6-4-2-1-3-5-6/h1-12,15,17,23,30H,13-14,16H2,(H2,29,31)(H,33,34,35);1-7,10,12,17,24H,8-9,11,23H2,(H2,22,25)(H,27,28);1-5H,(H3,8,9)/t23-;17-;/m00./s1. The van der Waals surface area contributed by atoms with Gasteiger partial charge in [0.1, 0.15) is 11.5 Å². The number of aryl methyl sites for hydroxylation is 2. The van der Waals surface area contributed by atoms with Crippen LogP contribution in [0.1, 0.15) is 74.4 Å².